The summed E-state index contributed by atoms with van der Waals surface area (Å²) >= 11 is 3.86. The van der Waals surface area contributed by atoms with Gasteiger partial charge in [0.05, 0.1) is 13.2 Å². The van der Waals surface area contributed by atoms with Crippen molar-refractivity contribution in [1.82, 2.24) is 0 Å². The molecule has 0 spiro atoms. The molecule has 1 aliphatic rings. The number of hydrogen-bond donors (Lipinski definition) is 1. The number of aliphatic hydroxyl groups is 1. The summed E-state index contributed by atoms with van der Waals surface area (Å²) in [5.41, 5.74) is 1.09. The van der Waals surface area contributed by atoms with Crippen molar-refractivity contribution in [1.29, 1.82) is 0 Å². The largest absolute Gasteiger partial charge is 0.496 e. The Balaban J connectivity index is 2.03. The van der Waals surface area contributed by atoms with E-state index in [1.807, 2.05) is 47.8 Å². The van der Waals surface area contributed by atoms with Gasteiger partial charge in [0.25, 0.3) is 0 Å². The van der Waals surface area contributed by atoms with Crippen molar-refractivity contribution in [3.05, 3.63) is 29.8 Å². The van der Waals surface area contributed by atoms with Gasteiger partial charge in [0, 0.05) is 28.4 Å². The van der Waals surface area contributed by atoms with E-state index in [4.69, 9.17) is 4.74 Å². The lowest BCUT2D eigenvalue weighted by Gasteiger charge is -2.31. The van der Waals surface area contributed by atoms with Crippen LogP contribution in [-0.2, 0) is 6.42 Å². The maximum atomic E-state index is 10.4. The molecular weight excluding hydrogens is 264 g/mol. The second-order valence-corrected chi connectivity index (χ2v) is 7.27. The summed E-state index contributed by atoms with van der Waals surface area (Å²) in [5.74, 6) is 3.21. The second-order valence-electron chi connectivity index (χ2n) is 4.49. The monoisotopic (exact) mass is 284 g/mol. The Bertz CT molecular complexity index is 384. The Kier molecular flexibility index (Phi) is 5.27. The first-order chi connectivity index (χ1) is 8.72. The zero-order chi connectivity index (χ0) is 13.0. The molecule has 0 saturated carbocycles. The lowest BCUT2D eigenvalue weighted by molar-refractivity contribution is 0.170. The molecule has 3 unspecified atom stereocenters. The molecule has 1 aromatic carbocycles. The molecule has 2 rings (SSSR count). The molecule has 0 radical (unpaired) electrons. The summed E-state index contributed by atoms with van der Waals surface area (Å²) < 4.78 is 5.34. The van der Waals surface area contributed by atoms with Crippen LogP contribution in [0.25, 0.3) is 0 Å². The summed E-state index contributed by atoms with van der Waals surface area (Å²) in [6.07, 6.45) is 0.376. The van der Waals surface area contributed by atoms with Gasteiger partial charge in [-0.3, -0.25) is 0 Å². The molecule has 0 amide bonds. The van der Waals surface area contributed by atoms with Crippen LogP contribution in [0.15, 0.2) is 24.3 Å². The van der Waals surface area contributed by atoms with Gasteiger partial charge in [-0.15, -0.1) is 0 Å². The van der Waals surface area contributed by atoms with Crippen LogP contribution in [0.2, 0.25) is 0 Å². The van der Waals surface area contributed by atoms with E-state index in [2.05, 4.69) is 6.92 Å². The molecule has 1 saturated heterocycles. The van der Waals surface area contributed by atoms with Crippen molar-refractivity contribution in [2.75, 3.05) is 18.6 Å². The maximum Gasteiger partial charge on any atom is 0.122 e. The van der Waals surface area contributed by atoms with E-state index in [0.29, 0.717) is 16.9 Å². The number of para-hydroxylation sites is 1. The smallest absolute Gasteiger partial charge is 0.122 e. The molecule has 1 aromatic rings. The molecule has 3 atom stereocenters. The van der Waals surface area contributed by atoms with Crippen LogP contribution >= 0.6 is 23.5 Å². The van der Waals surface area contributed by atoms with E-state index in [-0.39, 0.29) is 6.10 Å². The van der Waals surface area contributed by atoms with Crippen molar-refractivity contribution >= 4 is 23.5 Å². The minimum atomic E-state index is -0.297. The van der Waals surface area contributed by atoms with Crippen LogP contribution in [-0.4, -0.2) is 40.3 Å². The number of benzene rings is 1. The minimum Gasteiger partial charge on any atom is -0.496 e. The lowest BCUT2D eigenvalue weighted by atomic mass is 10.0. The van der Waals surface area contributed by atoms with Gasteiger partial charge in [0.1, 0.15) is 5.75 Å². The number of rotatable bonds is 4. The Labute approximate surface area is 117 Å². The molecule has 4 heteroatoms. The highest BCUT2D eigenvalue weighted by Crippen LogP contribution is 2.34. The van der Waals surface area contributed by atoms with Crippen LogP contribution in [0.3, 0.4) is 0 Å². The number of ether oxygens (including phenoxy) is 1. The number of methoxy groups -OCH3 is 1. The van der Waals surface area contributed by atoms with Crippen LogP contribution in [0.1, 0.15) is 12.5 Å². The average molecular weight is 284 g/mol. The van der Waals surface area contributed by atoms with E-state index in [0.717, 1.165) is 17.1 Å². The molecule has 18 heavy (non-hydrogen) atoms. The summed E-state index contributed by atoms with van der Waals surface area (Å²) in [6.45, 7) is 2.22. The van der Waals surface area contributed by atoms with Gasteiger partial charge in [-0.05, 0) is 11.6 Å². The molecule has 2 nitrogen and oxygen atoms in total. The lowest BCUT2D eigenvalue weighted by Crippen LogP contribution is -2.36. The molecule has 1 aliphatic heterocycles. The van der Waals surface area contributed by atoms with Crippen molar-refractivity contribution in [2.45, 2.75) is 29.9 Å². The summed E-state index contributed by atoms with van der Waals surface area (Å²) in [6, 6.07) is 7.95. The molecule has 1 heterocycles. The molecular formula is C14H20O2S2. The van der Waals surface area contributed by atoms with Gasteiger partial charge in [0.15, 0.2) is 0 Å². The van der Waals surface area contributed by atoms with E-state index in [1.54, 1.807) is 7.11 Å². The molecule has 1 fully saturated rings. The first-order valence-electron chi connectivity index (χ1n) is 6.25. The van der Waals surface area contributed by atoms with Gasteiger partial charge in [-0.2, -0.15) is 23.5 Å². The first-order valence-corrected chi connectivity index (χ1v) is 8.35. The highest BCUT2D eigenvalue weighted by Gasteiger charge is 2.29. The Morgan fingerprint density at radius 3 is 2.78 bits per heavy atom. The average Bonchev–Trinajstić information content (AvgIpc) is 2.39. The summed E-state index contributed by atoms with van der Waals surface area (Å²) in [5, 5.41) is 11.3. The van der Waals surface area contributed by atoms with Crippen LogP contribution in [0.4, 0.5) is 0 Å². The van der Waals surface area contributed by atoms with Crippen molar-refractivity contribution in [3.63, 3.8) is 0 Å². The first kappa shape index (κ1) is 14.1. The predicted molar refractivity (Wildman–Crippen MR) is 80.9 cm³/mol. The maximum absolute atomic E-state index is 10.4. The van der Waals surface area contributed by atoms with Crippen molar-refractivity contribution in [2.24, 2.45) is 0 Å². The third kappa shape index (κ3) is 3.37. The fraction of sp³-hybridized carbons (Fsp3) is 0.571. The van der Waals surface area contributed by atoms with E-state index in [9.17, 15) is 5.11 Å². The Morgan fingerprint density at radius 2 is 2.06 bits per heavy atom. The Morgan fingerprint density at radius 1 is 1.33 bits per heavy atom. The standard InChI is InChI=1S/C14H20O2S2/c1-10-14(18-8-7-17-10)12(15)9-11-5-3-4-6-13(11)16-2/h3-6,10,12,14-15H,7-9H2,1-2H3. The summed E-state index contributed by atoms with van der Waals surface area (Å²) in [4.78, 5) is 0. The molecule has 0 aliphatic carbocycles. The van der Waals surface area contributed by atoms with Crippen molar-refractivity contribution in [3.8, 4) is 5.75 Å². The molecule has 100 valence electrons. The highest BCUT2D eigenvalue weighted by atomic mass is 32.2. The SMILES string of the molecule is COc1ccccc1CC(O)C1SCCSC1C. The second kappa shape index (κ2) is 6.73. The number of aliphatic hydroxyl groups excluding tert-OH is 1. The quantitative estimate of drug-likeness (QED) is 0.920. The summed E-state index contributed by atoms with van der Waals surface area (Å²) in [7, 11) is 1.68. The fourth-order valence-electron chi connectivity index (χ4n) is 2.29. The van der Waals surface area contributed by atoms with Crippen LogP contribution in [0, 0.1) is 0 Å². The minimum absolute atomic E-state index is 0.297. The normalized spacial score (nSPS) is 25.7. The van der Waals surface area contributed by atoms with E-state index in [1.165, 1.54) is 5.75 Å². The van der Waals surface area contributed by atoms with Gasteiger partial charge in [-0.25, -0.2) is 0 Å². The van der Waals surface area contributed by atoms with E-state index >= 15 is 0 Å². The third-order valence-electron chi connectivity index (χ3n) is 3.24. The van der Waals surface area contributed by atoms with E-state index < -0.39 is 0 Å². The van der Waals surface area contributed by atoms with Crippen LogP contribution < -0.4 is 4.74 Å². The van der Waals surface area contributed by atoms with Gasteiger partial charge < -0.3 is 9.84 Å². The number of hydrogen-bond acceptors (Lipinski definition) is 4. The molecule has 0 bridgehead atoms. The molecule has 1 N–H and O–H groups in total. The topological polar surface area (TPSA) is 29.5 Å². The predicted octanol–water partition coefficient (Wildman–Crippen LogP) is 2.84. The number of thioether (sulfide) groups is 2. The zero-order valence-electron chi connectivity index (χ0n) is 10.8. The van der Waals surface area contributed by atoms with Gasteiger partial charge >= 0.3 is 0 Å². The third-order valence-corrected chi connectivity index (χ3v) is 6.47. The zero-order valence-corrected chi connectivity index (χ0v) is 12.5. The highest BCUT2D eigenvalue weighted by molar-refractivity contribution is 8.07. The Hall–Kier alpha value is -0.320. The van der Waals surface area contributed by atoms with Gasteiger partial charge in [-0.1, -0.05) is 25.1 Å². The van der Waals surface area contributed by atoms with Crippen molar-refractivity contribution < 1.29 is 9.84 Å². The van der Waals surface area contributed by atoms with Gasteiger partial charge in [0.2, 0.25) is 0 Å². The van der Waals surface area contributed by atoms with Crippen LogP contribution in [0.5, 0.6) is 5.75 Å². The fourth-order valence-corrected chi connectivity index (χ4v) is 5.13. The molecule has 0 aromatic heterocycles.